The third-order valence-corrected chi connectivity index (χ3v) is 2.44. The minimum Gasteiger partial charge on any atom is -0.496 e. The molecule has 0 aliphatic rings. The van der Waals surface area contributed by atoms with Gasteiger partial charge in [-0.1, -0.05) is 0 Å². The monoisotopic (exact) mass is 333 g/mol. The molecular weight excluding hydrogens is 326 g/mol. The van der Waals surface area contributed by atoms with Gasteiger partial charge in [0.15, 0.2) is 0 Å². The Morgan fingerprint density at radius 2 is 2.29 bits per heavy atom. The number of methoxy groups -OCH3 is 1. The second-order valence-corrected chi connectivity index (χ2v) is 3.81. The zero-order valence-electron chi connectivity index (χ0n) is 7.23. The summed E-state index contributed by atoms with van der Waals surface area (Å²) in [7, 11) is 1.34. The summed E-state index contributed by atoms with van der Waals surface area (Å²) in [4.78, 5) is 3.92. The van der Waals surface area contributed by atoms with Crippen molar-refractivity contribution < 1.29 is 13.5 Å². The summed E-state index contributed by atoms with van der Waals surface area (Å²) in [5.41, 5.74) is -0.0478. The molecule has 0 fully saturated rings. The largest absolute Gasteiger partial charge is 0.496 e. The zero-order valence-corrected chi connectivity index (χ0v) is 10.1. The van der Waals surface area contributed by atoms with E-state index in [9.17, 15) is 8.78 Å². The van der Waals surface area contributed by atoms with Gasteiger partial charge < -0.3 is 4.74 Å². The Bertz CT molecular complexity index is 310. The van der Waals surface area contributed by atoms with E-state index in [1.54, 1.807) is 0 Å². The summed E-state index contributed by atoms with van der Waals surface area (Å²) in [5, 5.41) is 0. The molecule has 6 heteroatoms. The zero-order chi connectivity index (χ0) is 10.7. The molecule has 2 nitrogen and oxygen atoms in total. The van der Waals surface area contributed by atoms with Crippen molar-refractivity contribution in [2.45, 2.75) is 12.3 Å². The van der Waals surface area contributed by atoms with Crippen LogP contribution in [-0.4, -0.2) is 12.1 Å². The quantitative estimate of drug-likeness (QED) is 0.481. The number of pyridine rings is 1. The number of hydrogen-bond donors (Lipinski definition) is 0. The van der Waals surface area contributed by atoms with Crippen LogP contribution in [-0.2, 0) is 5.88 Å². The van der Waals surface area contributed by atoms with Gasteiger partial charge in [-0.15, -0.1) is 11.6 Å². The van der Waals surface area contributed by atoms with Crippen LogP contribution < -0.4 is 4.74 Å². The van der Waals surface area contributed by atoms with E-state index in [0.29, 0.717) is 3.70 Å². The fourth-order valence-electron chi connectivity index (χ4n) is 1.05. The molecule has 0 aliphatic carbocycles. The van der Waals surface area contributed by atoms with Gasteiger partial charge >= 0.3 is 0 Å². The van der Waals surface area contributed by atoms with Crippen molar-refractivity contribution in [3.05, 3.63) is 21.0 Å². The molecule has 78 valence electrons. The highest BCUT2D eigenvalue weighted by atomic mass is 127. The molecule has 0 bridgehead atoms. The van der Waals surface area contributed by atoms with E-state index in [1.165, 1.54) is 13.2 Å². The first-order valence-corrected chi connectivity index (χ1v) is 5.29. The number of alkyl halides is 3. The van der Waals surface area contributed by atoms with Crippen LogP contribution in [0.15, 0.2) is 6.07 Å². The van der Waals surface area contributed by atoms with Gasteiger partial charge in [0.1, 0.15) is 9.45 Å². The maximum atomic E-state index is 12.6. The predicted molar refractivity (Wildman–Crippen MR) is 58.0 cm³/mol. The van der Waals surface area contributed by atoms with E-state index < -0.39 is 6.43 Å². The van der Waals surface area contributed by atoms with Crippen molar-refractivity contribution in [3.8, 4) is 5.75 Å². The Morgan fingerprint density at radius 3 is 2.71 bits per heavy atom. The molecule has 1 aromatic heterocycles. The third-order valence-electron chi connectivity index (χ3n) is 1.63. The van der Waals surface area contributed by atoms with E-state index >= 15 is 0 Å². The average Bonchev–Trinajstić information content (AvgIpc) is 2.15. The second-order valence-electron chi connectivity index (χ2n) is 2.44. The minimum absolute atomic E-state index is 0.0487. The van der Waals surface area contributed by atoms with E-state index in [0.717, 1.165) is 0 Å². The highest BCUT2D eigenvalue weighted by molar-refractivity contribution is 14.1. The van der Waals surface area contributed by atoms with Crippen LogP contribution in [0.1, 0.15) is 17.7 Å². The van der Waals surface area contributed by atoms with Gasteiger partial charge in [-0.25, -0.2) is 13.8 Å². The Kier molecular flexibility index (Phi) is 4.31. The average molecular weight is 334 g/mol. The Labute approximate surface area is 98.8 Å². The number of hydrogen-bond acceptors (Lipinski definition) is 2. The van der Waals surface area contributed by atoms with Gasteiger partial charge in [-0.05, 0) is 22.6 Å². The lowest BCUT2D eigenvalue weighted by atomic mass is 10.2. The molecule has 0 amide bonds. The minimum atomic E-state index is -2.62. The van der Waals surface area contributed by atoms with E-state index in [-0.39, 0.29) is 22.9 Å². The van der Waals surface area contributed by atoms with E-state index in [1.807, 2.05) is 22.6 Å². The summed E-state index contributed by atoms with van der Waals surface area (Å²) in [6, 6.07) is 1.46. The SMILES string of the molecule is COc1cc(I)nc(CCl)c1C(F)F. The lowest BCUT2D eigenvalue weighted by Gasteiger charge is -2.11. The number of aromatic nitrogens is 1. The van der Waals surface area contributed by atoms with E-state index in [2.05, 4.69) is 4.98 Å². The molecule has 14 heavy (non-hydrogen) atoms. The summed E-state index contributed by atoms with van der Waals surface area (Å²) >= 11 is 7.45. The molecule has 1 aromatic rings. The van der Waals surface area contributed by atoms with Gasteiger partial charge in [-0.3, -0.25) is 0 Å². The molecule has 1 rings (SSSR count). The van der Waals surface area contributed by atoms with Crippen LogP contribution in [0.2, 0.25) is 0 Å². The normalized spacial score (nSPS) is 10.7. The third kappa shape index (κ3) is 2.44. The van der Waals surface area contributed by atoms with Gasteiger partial charge in [0, 0.05) is 6.07 Å². The number of rotatable bonds is 3. The summed E-state index contributed by atoms with van der Waals surface area (Å²) in [5.74, 6) is 0.0856. The number of ether oxygens (including phenoxy) is 1. The number of halogens is 4. The maximum Gasteiger partial charge on any atom is 0.269 e. The van der Waals surface area contributed by atoms with Crippen molar-refractivity contribution in [2.24, 2.45) is 0 Å². The number of nitrogens with zero attached hydrogens (tertiary/aromatic N) is 1. The van der Waals surface area contributed by atoms with Gasteiger partial charge in [-0.2, -0.15) is 0 Å². The molecule has 0 aliphatic heterocycles. The fraction of sp³-hybridized carbons (Fsp3) is 0.375. The molecule has 0 aromatic carbocycles. The Balaban J connectivity index is 3.33. The summed E-state index contributed by atoms with van der Waals surface area (Å²) < 4.78 is 30.7. The fourth-order valence-corrected chi connectivity index (χ4v) is 1.83. The van der Waals surface area contributed by atoms with Crippen LogP contribution >= 0.6 is 34.2 Å². The molecule has 0 unspecified atom stereocenters. The van der Waals surface area contributed by atoms with Crippen LogP contribution in [0, 0.1) is 3.70 Å². The topological polar surface area (TPSA) is 22.1 Å². The molecule has 0 radical (unpaired) electrons. The van der Waals surface area contributed by atoms with Crippen molar-refractivity contribution >= 4 is 34.2 Å². The lowest BCUT2D eigenvalue weighted by Crippen LogP contribution is -2.02. The second kappa shape index (κ2) is 5.06. The van der Waals surface area contributed by atoms with Gasteiger partial charge in [0.25, 0.3) is 6.43 Å². The first-order valence-electron chi connectivity index (χ1n) is 3.67. The smallest absolute Gasteiger partial charge is 0.269 e. The van der Waals surface area contributed by atoms with Crippen molar-refractivity contribution in [2.75, 3.05) is 7.11 Å². The van der Waals surface area contributed by atoms with Crippen LogP contribution in [0.5, 0.6) is 5.75 Å². The summed E-state index contributed by atoms with van der Waals surface area (Å²) in [6.07, 6.45) is -2.62. The van der Waals surface area contributed by atoms with Crippen LogP contribution in [0.3, 0.4) is 0 Å². The molecule has 0 saturated carbocycles. The maximum absolute atomic E-state index is 12.6. The Morgan fingerprint density at radius 1 is 1.64 bits per heavy atom. The van der Waals surface area contributed by atoms with Crippen molar-refractivity contribution in [1.82, 2.24) is 4.98 Å². The molecular formula is C8H7ClF2INO. The van der Waals surface area contributed by atoms with E-state index in [4.69, 9.17) is 16.3 Å². The standard InChI is InChI=1S/C8H7ClF2INO/c1-14-5-2-6(12)13-4(3-9)7(5)8(10)11/h2,8H,3H2,1H3. The molecule has 0 spiro atoms. The predicted octanol–water partition coefficient (Wildman–Crippen LogP) is 3.37. The highest BCUT2D eigenvalue weighted by Gasteiger charge is 2.20. The first kappa shape index (κ1) is 11.9. The van der Waals surface area contributed by atoms with Crippen molar-refractivity contribution in [3.63, 3.8) is 0 Å². The van der Waals surface area contributed by atoms with Crippen LogP contribution in [0.25, 0.3) is 0 Å². The molecule has 0 saturated heterocycles. The molecule has 0 N–H and O–H groups in total. The van der Waals surface area contributed by atoms with Crippen LogP contribution in [0.4, 0.5) is 8.78 Å². The Hall–Kier alpha value is -0.170. The molecule has 1 heterocycles. The van der Waals surface area contributed by atoms with Crippen molar-refractivity contribution in [1.29, 1.82) is 0 Å². The van der Waals surface area contributed by atoms with Gasteiger partial charge in [0.2, 0.25) is 0 Å². The molecule has 0 atom stereocenters. The highest BCUT2D eigenvalue weighted by Crippen LogP contribution is 2.32. The first-order chi connectivity index (χ1) is 6.60. The lowest BCUT2D eigenvalue weighted by molar-refractivity contribution is 0.145. The summed E-state index contributed by atoms with van der Waals surface area (Å²) in [6.45, 7) is 0. The van der Waals surface area contributed by atoms with Gasteiger partial charge in [0.05, 0.1) is 24.2 Å².